The molecular formula is C16H22ClNO. The van der Waals surface area contributed by atoms with E-state index in [1.807, 2.05) is 24.3 Å². The van der Waals surface area contributed by atoms with Gasteiger partial charge >= 0.3 is 0 Å². The van der Waals surface area contributed by atoms with Crippen molar-refractivity contribution in [3.63, 3.8) is 0 Å². The molecule has 1 aliphatic carbocycles. The standard InChI is InChI=1S/C16H22ClNO/c1-16(2,3)13-8-6-12(7-9-13)15(19)18-10-14(17)11-4-5-11/h6-9,11,14H,4-5,10H2,1-3H3,(H,18,19). The van der Waals surface area contributed by atoms with Crippen molar-refractivity contribution in [3.05, 3.63) is 35.4 Å². The summed E-state index contributed by atoms with van der Waals surface area (Å²) in [5.74, 6) is 0.567. The van der Waals surface area contributed by atoms with Crippen LogP contribution in [0.5, 0.6) is 0 Å². The topological polar surface area (TPSA) is 29.1 Å². The number of nitrogens with one attached hydrogen (secondary N) is 1. The highest BCUT2D eigenvalue weighted by atomic mass is 35.5. The molecule has 3 heteroatoms. The highest BCUT2D eigenvalue weighted by Crippen LogP contribution is 2.35. The largest absolute Gasteiger partial charge is 0.351 e. The average Bonchev–Trinajstić information content (AvgIpc) is 3.19. The molecule has 0 radical (unpaired) electrons. The fourth-order valence-electron chi connectivity index (χ4n) is 2.04. The zero-order valence-electron chi connectivity index (χ0n) is 11.9. The number of rotatable bonds is 4. The van der Waals surface area contributed by atoms with Crippen LogP contribution in [0.3, 0.4) is 0 Å². The molecule has 2 rings (SSSR count). The van der Waals surface area contributed by atoms with Crippen LogP contribution in [0.2, 0.25) is 0 Å². The molecular weight excluding hydrogens is 258 g/mol. The van der Waals surface area contributed by atoms with Crippen LogP contribution >= 0.6 is 11.6 Å². The van der Waals surface area contributed by atoms with Crippen molar-refractivity contribution >= 4 is 17.5 Å². The molecule has 0 heterocycles. The van der Waals surface area contributed by atoms with Gasteiger partial charge in [0.25, 0.3) is 5.91 Å². The predicted molar refractivity (Wildman–Crippen MR) is 79.8 cm³/mol. The summed E-state index contributed by atoms with van der Waals surface area (Å²) in [4.78, 5) is 12.0. The predicted octanol–water partition coefficient (Wildman–Crippen LogP) is 3.73. The fourth-order valence-corrected chi connectivity index (χ4v) is 2.37. The molecule has 1 saturated carbocycles. The molecule has 1 unspecified atom stereocenters. The van der Waals surface area contributed by atoms with Gasteiger partial charge in [0.2, 0.25) is 0 Å². The Bertz CT molecular complexity index is 443. The first-order valence-electron chi connectivity index (χ1n) is 6.91. The summed E-state index contributed by atoms with van der Waals surface area (Å²) in [6, 6.07) is 7.81. The maximum atomic E-state index is 12.0. The lowest BCUT2D eigenvalue weighted by molar-refractivity contribution is 0.0953. The Morgan fingerprint density at radius 1 is 1.32 bits per heavy atom. The highest BCUT2D eigenvalue weighted by Gasteiger charge is 2.29. The van der Waals surface area contributed by atoms with Gasteiger partial charge in [-0.25, -0.2) is 0 Å². The van der Waals surface area contributed by atoms with E-state index in [9.17, 15) is 4.79 Å². The van der Waals surface area contributed by atoms with Crippen molar-refractivity contribution in [2.75, 3.05) is 6.54 Å². The van der Waals surface area contributed by atoms with E-state index >= 15 is 0 Å². The van der Waals surface area contributed by atoms with E-state index in [0.29, 0.717) is 18.0 Å². The molecule has 1 aliphatic rings. The van der Waals surface area contributed by atoms with Gasteiger partial charge in [-0.2, -0.15) is 0 Å². The molecule has 1 amide bonds. The van der Waals surface area contributed by atoms with Crippen molar-refractivity contribution in [2.24, 2.45) is 5.92 Å². The van der Waals surface area contributed by atoms with E-state index in [4.69, 9.17) is 11.6 Å². The van der Waals surface area contributed by atoms with Crippen molar-refractivity contribution in [1.82, 2.24) is 5.32 Å². The molecule has 0 aromatic heterocycles. The Morgan fingerprint density at radius 2 is 1.89 bits per heavy atom. The fraction of sp³-hybridized carbons (Fsp3) is 0.562. The van der Waals surface area contributed by atoms with Crippen LogP contribution in [0.15, 0.2) is 24.3 Å². The maximum absolute atomic E-state index is 12.0. The van der Waals surface area contributed by atoms with Crippen LogP contribution in [0.1, 0.15) is 49.5 Å². The Morgan fingerprint density at radius 3 is 2.37 bits per heavy atom. The van der Waals surface area contributed by atoms with Gasteiger partial charge in [-0.15, -0.1) is 11.6 Å². The smallest absolute Gasteiger partial charge is 0.251 e. The van der Waals surface area contributed by atoms with Gasteiger partial charge < -0.3 is 5.32 Å². The third kappa shape index (κ3) is 3.97. The number of carbonyl (C=O) groups excluding carboxylic acids is 1. The number of benzene rings is 1. The third-order valence-corrected chi connectivity index (χ3v) is 4.11. The number of alkyl halides is 1. The highest BCUT2D eigenvalue weighted by molar-refractivity contribution is 6.21. The average molecular weight is 280 g/mol. The van der Waals surface area contributed by atoms with Gasteiger partial charge in [-0.1, -0.05) is 32.9 Å². The molecule has 19 heavy (non-hydrogen) atoms. The van der Waals surface area contributed by atoms with Crippen molar-refractivity contribution in [2.45, 2.75) is 44.4 Å². The van der Waals surface area contributed by atoms with Crippen LogP contribution in [0, 0.1) is 5.92 Å². The molecule has 0 bridgehead atoms. The lowest BCUT2D eigenvalue weighted by Crippen LogP contribution is -2.30. The van der Waals surface area contributed by atoms with Gasteiger partial charge in [0, 0.05) is 12.1 Å². The molecule has 0 aliphatic heterocycles. The van der Waals surface area contributed by atoms with Gasteiger partial charge in [0.15, 0.2) is 0 Å². The van der Waals surface area contributed by atoms with Crippen molar-refractivity contribution in [1.29, 1.82) is 0 Å². The van der Waals surface area contributed by atoms with Gasteiger partial charge in [0.1, 0.15) is 0 Å². The third-order valence-electron chi connectivity index (χ3n) is 3.60. The molecule has 1 N–H and O–H groups in total. The zero-order valence-corrected chi connectivity index (χ0v) is 12.6. The summed E-state index contributed by atoms with van der Waals surface area (Å²) in [6.07, 6.45) is 2.40. The molecule has 1 aromatic carbocycles. The monoisotopic (exact) mass is 279 g/mol. The number of amides is 1. The molecule has 2 nitrogen and oxygen atoms in total. The van der Waals surface area contributed by atoms with Crippen LogP contribution < -0.4 is 5.32 Å². The first-order valence-corrected chi connectivity index (χ1v) is 7.34. The summed E-state index contributed by atoms with van der Waals surface area (Å²) in [7, 11) is 0. The van der Waals surface area contributed by atoms with Crippen LogP contribution in [-0.2, 0) is 5.41 Å². The van der Waals surface area contributed by atoms with E-state index in [0.717, 1.165) is 0 Å². The second-order valence-electron chi connectivity index (χ2n) is 6.39. The van der Waals surface area contributed by atoms with Gasteiger partial charge in [-0.3, -0.25) is 4.79 Å². The quantitative estimate of drug-likeness (QED) is 0.836. The Labute approximate surface area is 120 Å². The minimum Gasteiger partial charge on any atom is -0.351 e. The minimum atomic E-state index is -0.0354. The summed E-state index contributed by atoms with van der Waals surface area (Å²) >= 11 is 6.18. The number of hydrogen-bond acceptors (Lipinski definition) is 1. The van der Waals surface area contributed by atoms with Crippen LogP contribution in [0.25, 0.3) is 0 Å². The molecule has 1 aromatic rings. The van der Waals surface area contributed by atoms with E-state index in [2.05, 4.69) is 26.1 Å². The second kappa shape index (κ2) is 5.54. The van der Waals surface area contributed by atoms with E-state index in [1.54, 1.807) is 0 Å². The molecule has 1 fully saturated rings. The summed E-state index contributed by atoms with van der Waals surface area (Å²) in [5, 5.41) is 2.99. The Balaban J connectivity index is 1.91. The number of halogens is 1. The number of hydrogen-bond donors (Lipinski definition) is 1. The van der Waals surface area contributed by atoms with E-state index < -0.39 is 0 Å². The molecule has 1 atom stereocenters. The molecule has 0 saturated heterocycles. The normalized spacial score (nSPS) is 17.1. The minimum absolute atomic E-state index is 0.0354. The first kappa shape index (κ1) is 14.4. The van der Waals surface area contributed by atoms with Crippen LogP contribution in [-0.4, -0.2) is 17.8 Å². The van der Waals surface area contributed by atoms with E-state index in [-0.39, 0.29) is 16.7 Å². The lowest BCUT2D eigenvalue weighted by atomic mass is 9.87. The summed E-state index contributed by atoms with van der Waals surface area (Å²) < 4.78 is 0. The lowest BCUT2D eigenvalue weighted by Gasteiger charge is -2.19. The molecule has 104 valence electrons. The zero-order chi connectivity index (χ0) is 14.0. The Hall–Kier alpha value is -1.02. The second-order valence-corrected chi connectivity index (χ2v) is 6.95. The van der Waals surface area contributed by atoms with Gasteiger partial charge in [0.05, 0.1) is 5.38 Å². The SMILES string of the molecule is CC(C)(C)c1ccc(C(=O)NCC(Cl)C2CC2)cc1. The van der Waals surface area contributed by atoms with Crippen molar-refractivity contribution in [3.8, 4) is 0 Å². The maximum Gasteiger partial charge on any atom is 0.251 e. The van der Waals surface area contributed by atoms with Crippen LogP contribution in [0.4, 0.5) is 0 Å². The summed E-state index contributed by atoms with van der Waals surface area (Å²) in [6.45, 7) is 7.05. The first-order chi connectivity index (χ1) is 8.88. The number of carbonyl (C=O) groups is 1. The Kier molecular flexibility index (Phi) is 4.19. The summed E-state index contributed by atoms with van der Waals surface area (Å²) in [5.41, 5.74) is 2.05. The van der Waals surface area contributed by atoms with Crippen molar-refractivity contribution < 1.29 is 4.79 Å². The molecule has 0 spiro atoms. The van der Waals surface area contributed by atoms with E-state index in [1.165, 1.54) is 18.4 Å². The van der Waals surface area contributed by atoms with Gasteiger partial charge in [-0.05, 0) is 41.9 Å².